The summed E-state index contributed by atoms with van der Waals surface area (Å²) >= 11 is 5.85. The van der Waals surface area contributed by atoms with E-state index in [-0.39, 0.29) is 12.7 Å². The fourth-order valence-corrected chi connectivity index (χ4v) is 1.46. The van der Waals surface area contributed by atoms with Gasteiger partial charge in [0.05, 0.1) is 17.7 Å². The maximum absolute atomic E-state index is 9.18. The summed E-state index contributed by atoms with van der Waals surface area (Å²) in [5.74, 6) is 0.745. The van der Waals surface area contributed by atoms with Crippen LogP contribution in [0.4, 0.5) is 5.82 Å². The first kappa shape index (κ1) is 13.2. The Morgan fingerprint density at radius 2 is 2.25 bits per heavy atom. The van der Waals surface area contributed by atoms with Crippen molar-refractivity contribution in [1.82, 2.24) is 4.98 Å². The zero-order chi connectivity index (χ0) is 12.1. The third-order valence-electron chi connectivity index (χ3n) is 2.36. The average Bonchev–Trinajstić information content (AvgIpc) is 2.26. The van der Waals surface area contributed by atoms with E-state index in [0.29, 0.717) is 23.6 Å². The summed E-state index contributed by atoms with van der Waals surface area (Å²) in [6.07, 6.45) is 1.88. The maximum atomic E-state index is 9.18. The van der Waals surface area contributed by atoms with Gasteiger partial charge >= 0.3 is 0 Å². The van der Waals surface area contributed by atoms with Crippen LogP contribution in [0.25, 0.3) is 0 Å². The molecule has 0 saturated heterocycles. The normalized spacial score (nSPS) is 12.6. The van der Waals surface area contributed by atoms with Gasteiger partial charge in [-0.05, 0) is 19.4 Å². The van der Waals surface area contributed by atoms with E-state index in [1.54, 1.807) is 13.0 Å². The van der Waals surface area contributed by atoms with E-state index >= 15 is 0 Å². The second-order valence-electron chi connectivity index (χ2n) is 3.85. The molecule has 5 heteroatoms. The minimum atomic E-state index is -0.327. The quantitative estimate of drug-likeness (QED) is 0.823. The van der Waals surface area contributed by atoms with Crippen molar-refractivity contribution in [3.8, 4) is 0 Å². The summed E-state index contributed by atoms with van der Waals surface area (Å²) in [6.45, 7) is 2.36. The molecule has 0 spiro atoms. The largest absolute Gasteiger partial charge is 0.393 e. The molecule has 0 amide bonds. The molecule has 0 aliphatic heterocycles. The molecule has 90 valence electrons. The van der Waals surface area contributed by atoms with Gasteiger partial charge in [-0.2, -0.15) is 0 Å². The van der Waals surface area contributed by atoms with Crippen LogP contribution in [-0.2, 0) is 6.61 Å². The van der Waals surface area contributed by atoms with E-state index in [1.807, 2.05) is 11.9 Å². The van der Waals surface area contributed by atoms with Gasteiger partial charge in [-0.25, -0.2) is 4.98 Å². The Bertz CT molecular complexity index is 345. The lowest BCUT2D eigenvalue weighted by Gasteiger charge is -2.19. The van der Waals surface area contributed by atoms with E-state index in [2.05, 4.69) is 4.98 Å². The van der Waals surface area contributed by atoms with E-state index in [4.69, 9.17) is 16.7 Å². The molecule has 0 saturated carbocycles. The van der Waals surface area contributed by atoms with Crippen molar-refractivity contribution in [2.75, 3.05) is 18.5 Å². The van der Waals surface area contributed by atoms with Crippen molar-refractivity contribution in [3.63, 3.8) is 0 Å². The number of aliphatic hydroxyl groups excluding tert-OH is 2. The van der Waals surface area contributed by atoms with Crippen molar-refractivity contribution >= 4 is 17.4 Å². The standard InChI is InChI=1S/C11H17ClN2O2/c1-8(16)3-4-14(2)11-5-9(7-15)10(12)6-13-11/h5-6,8,15-16H,3-4,7H2,1-2H3. The highest BCUT2D eigenvalue weighted by atomic mass is 35.5. The van der Waals surface area contributed by atoms with E-state index < -0.39 is 0 Å². The Hall–Kier alpha value is -0.840. The Morgan fingerprint density at radius 1 is 1.56 bits per heavy atom. The van der Waals surface area contributed by atoms with Crippen LogP contribution >= 0.6 is 11.6 Å². The number of hydrogen-bond donors (Lipinski definition) is 2. The second kappa shape index (κ2) is 6.03. The van der Waals surface area contributed by atoms with E-state index in [0.717, 1.165) is 5.82 Å². The topological polar surface area (TPSA) is 56.6 Å². The number of nitrogens with zero attached hydrogens (tertiary/aromatic N) is 2. The van der Waals surface area contributed by atoms with Gasteiger partial charge in [0, 0.05) is 25.4 Å². The molecule has 2 N–H and O–H groups in total. The van der Waals surface area contributed by atoms with Crippen LogP contribution in [0.5, 0.6) is 0 Å². The first-order chi connectivity index (χ1) is 7.54. The molecule has 0 radical (unpaired) electrons. The monoisotopic (exact) mass is 244 g/mol. The number of anilines is 1. The van der Waals surface area contributed by atoms with Crippen LogP contribution in [0.2, 0.25) is 5.02 Å². The molecule has 1 atom stereocenters. The maximum Gasteiger partial charge on any atom is 0.128 e. The Labute approximate surface area is 100 Å². The number of rotatable bonds is 5. The molecule has 16 heavy (non-hydrogen) atoms. The first-order valence-electron chi connectivity index (χ1n) is 5.19. The lowest BCUT2D eigenvalue weighted by Crippen LogP contribution is -2.22. The summed E-state index contributed by atoms with van der Waals surface area (Å²) < 4.78 is 0. The minimum Gasteiger partial charge on any atom is -0.393 e. The predicted molar refractivity (Wildman–Crippen MR) is 64.7 cm³/mol. The molecular weight excluding hydrogens is 228 g/mol. The van der Waals surface area contributed by atoms with Gasteiger partial charge < -0.3 is 15.1 Å². The predicted octanol–water partition coefficient (Wildman–Crippen LogP) is 1.43. The summed E-state index contributed by atoms with van der Waals surface area (Å²) in [5.41, 5.74) is 0.663. The van der Waals surface area contributed by atoms with Gasteiger partial charge in [0.1, 0.15) is 5.82 Å². The van der Waals surface area contributed by atoms with Crippen LogP contribution in [0.15, 0.2) is 12.3 Å². The molecular formula is C11H17ClN2O2. The van der Waals surface area contributed by atoms with Crippen molar-refractivity contribution < 1.29 is 10.2 Å². The molecule has 1 aromatic heterocycles. The summed E-state index contributed by atoms with van der Waals surface area (Å²) in [5, 5.41) is 18.7. The molecule has 1 heterocycles. The summed E-state index contributed by atoms with van der Waals surface area (Å²) in [4.78, 5) is 6.08. The molecule has 4 nitrogen and oxygen atoms in total. The molecule has 1 aromatic rings. The molecule has 0 bridgehead atoms. The summed E-state index contributed by atoms with van der Waals surface area (Å²) in [6, 6.07) is 1.75. The average molecular weight is 245 g/mol. The third-order valence-corrected chi connectivity index (χ3v) is 2.70. The minimum absolute atomic E-state index is 0.0986. The van der Waals surface area contributed by atoms with Crippen molar-refractivity contribution in [2.45, 2.75) is 26.1 Å². The second-order valence-corrected chi connectivity index (χ2v) is 4.26. The van der Waals surface area contributed by atoms with Gasteiger partial charge in [-0.1, -0.05) is 11.6 Å². The van der Waals surface area contributed by atoms with Crippen molar-refractivity contribution in [1.29, 1.82) is 0 Å². The van der Waals surface area contributed by atoms with Gasteiger partial charge in [0.15, 0.2) is 0 Å². The van der Waals surface area contributed by atoms with E-state index in [9.17, 15) is 5.11 Å². The van der Waals surface area contributed by atoms with Gasteiger partial charge in [-0.15, -0.1) is 0 Å². The smallest absolute Gasteiger partial charge is 0.128 e. The van der Waals surface area contributed by atoms with Gasteiger partial charge in [-0.3, -0.25) is 0 Å². The zero-order valence-corrected chi connectivity index (χ0v) is 10.3. The number of pyridine rings is 1. The molecule has 0 aliphatic carbocycles. The molecule has 0 aromatic carbocycles. The van der Waals surface area contributed by atoms with Gasteiger partial charge in [0.2, 0.25) is 0 Å². The number of hydrogen-bond acceptors (Lipinski definition) is 4. The number of aliphatic hydroxyl groups is 2. The molecule has 1 rings (SSSR count). The van der Waals surface area contributed by atoms with Crippen LogP contribution < -0.4 is 4.90 Å². The third kappa shape index (κ3) is 3.63. The molecule has 1 unspecified atom stereocenters. The fraction of sp³-hybridized carbons (Fsp3) is 0.545. The van der Waals surface area contributed by atoms with Gasteiger partial charge in [0.25, 0.3) is 0 Å². The van der Waals surface area contributed by atoms with Crippen molar-refractivity contribution in [3.05, 3.63) is 22.8 Å². The Balaban J connectivity index is 2.72. The Kier molecular flexibility index (Phi) is 4.99. The fourth-order valence-electron chi connectivity index (χ4n) is 1.29. The lowest BCUT2D eigenvalue weighted by molar-refractivity contribution is 0.187. The highest BCUT2D eigenvalue weighted by molar-refractivity contribution is 6.31. The number of halogens is 1. The highest BCUT2D eigenvalue weighted by Crippen LogP contribution is 2.19. The van der Waals surface area contributed by atoms with Crippen LogP contribution in [0.3, 0.4) is 0 Å². The van der Waals surface area contributed by atoms with Crippen molar-refractivity contribution in [2.24, 2.45) is 0 Å². The Morgan fingerprint density at radius 3 is 2.81 bits per heavy atom. The van der Waals surface area contributed by atoms with E-state index in [1.165, 1.54) is 6.20 Å². The summed E-state index contributed by atoms with van der Waals surface area (Å²) in [7, 11) is 1.89. The zero-order valence-electron chi connectivity index (χ0n) is 9.52. The SMILES string of the molecule is CC(O)CCN(C)c1cc(CO)c(Cl)cn1. The first-order valence-corrected chi connectivity index (χ1v) is 5.57. The van der Waals surface area contributed by atoms with Crippen LogP contribution in [-0.4, -0.2) is 34.9 Å². The van der Waals surface area contributed by atoms with Crippen LogP contribution in [0.1, 0.15) is 18.9 Å². The molecule has 0 fully saturated rings. The molecule has 0 aliphatic rings. The highest BCUT2D eigenvalue weighted by Gasteiger charge is 2.07. The van der Waals surface area contributed by atoms with Crippen LogP contribution in [0, 0.1) is 0 Å². The lowest BCUT2D eigenvalue weighted by atomic mass is 10.2. The number of aromatic nitrogens is 1.